The summed E-state index contributed by atoms with van der Waals surface area (Å²) in [4.78, 5) is 4.33. The van der Waals surface area contributed by atoms with Crippen molar-refractivity contribution < 1.29 is 9.52 Å². The highest BCUT2D eigenvalue weighted by atomic mass is 16.3. The molecule has 0 saturated carbocycles. The summed E-state index contributed by atoms with van der Waals surface area (Å²) in [6.07, 6.45) is 3.47. The molecule has 0 saturated heterocycles. The van der Waals surface area contributed by atoms with Crippen LogP contribution in [0.3, 0.4) is 0 Å². The Morgan fingerprint density at radius 3 is 3.07 bits per heavy atom. The molecule has 0 radical (unpaired) electrons. The second-order valence-electron chi connectivity index (χ2n) is 3.40. The molecular weight excluding hydrogens is 190 g/mol. The molecule has 78 valence electrons. The molecule has 1 aromatic heterocycles. The summed E-state index contributed by atoms with van der Waals surface area (Å²) in [5.74, 6) is 0.722. The number of aromatic nitrogens is 1. The van der Waals surface area contributed by atoms with Crippen molar-refractivity contribution in [3.63, 3.8) is 0 Å². The molecule has 0 amide bonds. The highest BCUT2D eigenvalue weighted by molar-refractivity contribution is 5.73. The monoisotopic (exact) mass is 203 g/mol. The first-order valence-electron chi connectivity index (χ1n) is 4.93. The van der Waals surface area contributed by atoms with Gasteiger partial charge in [-0.2, -0.15) is 0 Å². The number of hydrogen-bond donors (Lipinski definition) is 1. The van der Waals surface area contributed by atoms with Crippen molar-refractivity contribution in [2.75, 3.05) is 0 Å². The van der Waals surface area contributed by atoms with E-state index in [1.165, 1.54) is 0 Å². The van der Waals surface area contributed by atoms with Crippen LogP contribution >= 0.6 is 0 Å². The van der Waals surface area contributed by atoms with Crippen molar-refractivity contribution in [1.29, 1.82) is 0 Å². The van der Waals surface area contributed by atoms with Gasteiger partial charge in [0, 0.05) is 6.42 Å². The average Bonchev–Trinajstić information content (AvgIpc) is 2.67. The normalized spacial score (nSPS) is 10.7. The van der Waals surface area contributed by atoms with Crippen molar-refractivity contribution in [2.45, 2.75) is 19.4 Å². The van der Waals surface area contributed by atoms with Crippen molar-refractivity contribution in [1.82, 2.24) is 4.98 Å². The van der Waals surface area contributed by atoms with E-state index >= 15 is 0 Å². The zero-order valence-corrected chi connectivity index (χ0v) is 8.44. The summed E-state index contributed by atoms with van der Waals surface area (Å²) >= 11 is 0. The van der Waals surface area contributed by atoms with Crippen LogP contribution in [0.4, 0.5) is 0 Å². The number of nitrogens with zero attached hydrogens (tertiary/aromatic N) is 1. The van der Waals surface area contributed by atoms with Gasteiger partial charge in [0.2, 0.25) is 0 Å². The van der Waals surface area contributed by atoms with E-state index in [9.17, 15) is 0 Å². The average molecular weight is 203 g/mol. The smallest absolute Gasteiger partial charge is 0.195 e. The molecular formula is C12H13NO2. The van der Waals surface area contributed by atoms with Crippen LogP contribution in [0.5, 0.6) is 0 Å². The van der Waals surface area contributed by atoms with E-state index in [1.807, 2.05) is 24.3 Å². The van der Waals surface area contributed by atoms with Gasteiger partial charge >= 0.3 is 0 Å². The van der Waals surface area contributed by atoms with Crippen LogP contribution in [0, 0.1) is 0 Å². The Labute approximate surface area is 88.1 Å². The van der Waals surface area contributed by atoms with E-state index in [4.69, 9.17) is 9.52 Å². The molecule has 2 aromatic rings. The van der Waals surface area contributed by atoms with Gasteiger partial charge in [-0.05, 0) is 24.1 Å². The Hall–Kier alpha value is -1.61. The first-order valence-corrected chi connectivity index (χ1v) is 4.93. The number of benzene rings is 1. The van der Waals surface area contributed by atoms with Crippen molar-refractivity contribution in [3.8, 4) is 0 Å². The fourth-order valence-electron chi connectivity index (χ4n) is 1.45. The second kappa shape index (κ2) is 4.28. The Balaban J connectivity index is 2.33. The number of aliphatic hydroxyl groups excluding tert-OH is 1. The molecule has 3 heteroatoms. The summed E-state index contributed by atoms with van der Waals surface area (Å²) in [6.45, 7) is 3.68. The lowest BCUT2D eigenvalue weighted by atomic mass is 10.2. The Morgan fingerprint density at radius 2 is 2.33 bits per heavy atom. The molecule has 0 atom stereocenters. The van der Waals surface area contributed by atoms with E-state index in [-0.39, 0.29) is 6.61 Å². The molecule has 0 bridgehead atoms. The third-order valence-electron chi connectivity index (χ3n) is 2.24. The van der Waals surface area contributed by atoms with Crippen LogP contribution in [0.2, 0.25) is 0 Å². The highest BCUT2D eigenvalue weighted by Gasteiger charge is 2.05. The topological polar surface area (TPSA) is 46.3 Å². The third kappa shape index (κ3) is 2.07. The number of aliphatic hydroxyl groups is 1. The molecule has 1 N–H and O–H groups in total. The minimum absolute atomic E-state index is 0.0264. The second-order valence-corrected chi connectivity index (χ2v) is 3.40. The van der Waals surface area contributed by atoms with Crippen LogP contribution in [-0.2, 0) is 13.0 Å². The van der Waals surface area contributed by atoms with Gasteiger partial charge in [0.05, 0.1) is 6.61 Å². The number of allylic oxidation sites excluding steroid dienone is 1. The Kier molecular flexibility index (Phi) is 2.83. The molecule has 1 heterocycles. The summed E-state index contributed by atoms with van der Waals surface area (Å²) in [7, 11) is 0. The van der Waals surface area contributed by atoms with Gasteiger partial charge in [-0.25, -0.2) is 4.98 Å². The standard InChI is InChI=1S/C12H13NO2/c1-2-3-4-12-13-10-6-5-9(8-14)7-11(10)15-12/h2,5-7,14H,1,3-4,8H2. The van der Waals surface area contributed by atoms with Crippen molar-refractivity contribution in [3.05, 3.63) is 42.3 Å². The first kappa shape index (κ1) is 9.93. The summed E-state index contributed by atoms with van der Waals surface area (Å²) < 4.78 is 5.54. The lowest BCUT2D eigenvalue weighted by Gasteiger charge is -1.92. The number of hydrogen-bond acceptors (Lipinski definition) is 3. The molecule has 0 aliphatic heterocycles. The maximum absolute atomic E-state index is 8.97. The quantitative estimate of drug-likeness (QED) is 0.776. The van der Waals surface area contributed by atoms with Gasteiger partial charge in [-0.15, -0.1) is 6.58 Å². The summed E-state index contributed by atoms with van der Waals surface area (Å²) in [5, 5.41) is 8.97. The van der Waals surface area contributed by atoms with Crippen molar-refractivity contribution in [2.24, 2.45) is 0 Å². The predicted octanol–water partition coefficient (Wildman–Crippen LogP) is 2.44. The van der Waals surface area contributed by atoms with Crippen LogP contribution in [-0.4, -0.2) is 10.1 Å². The lowest BCUT2D eigenvalue weighted by molar-refractivity contribution is 0.282. The SMILES string of the molecule is C=CCCc1nc2ccc(CO)cc2o1. The third-order valence-corrected chi connectivity index (χ3v) is 2.24. The zero-order chi connectivity index (χ0) is 10.7. The highest BCUT2D eigenvalue weighted by Crippen LogP contribution is 2.18. The predicted molar refractivity (Wildman–Crippen MR) is 58.4 cm³/mol. The number of oxazole rings is 1. The van der Waals surface area contributed by atoms with E-state index in [2.05, 4.69) is 11.6 Å². The molecule has 0 aliphatic rings. The minimum Gasteiger partial charge on any atom is -0.441 e. The molecule has 3 nitrogen and oxygen atoms in total. The zero-order valence-electron chi connectivity index (χ0n) is 8.44. The molecule has 0 unspecified atom stereocenters. The Bertz CT molecular complexity index is 473. The van der Waals surface area contributed by atoms with Gasteiger partial charge in [0.15, 0.2) is 11.5 Å². The fourth-order valence-corrected chi connectivity index (χ4v) is 1.45. The van der Waals surface area contributed by atoms with Gasteiger partial charge < -0.3 is 9.52 Å². The maximum atomic E-state index is 8.97. The van der Waals surface area contributed by atoms with Crippen LogP contribution in [0.1, 0.15) is 17.9 Å². The largest absolute Gasteiger partial charge is 0.441 e. The first-order chi connectivity index (χ1) is 7.33. The lowest BCUT2D eigenvalue weighted by Crippen LogP contribution is -1.81. The van der Waals surface area contributed by atoms with E-state index in [0.29, 0.717) is 0 Å². The van der Waals surface area contributed by atoms with Crippen LogP contribution in [0.15, 0.2) is 35.3 Å². The maximum Gasteiger partial charge on any atom is 0.195 e. The number of fused-ring (bicyclic) bond motifs is 1. The minimum atomic E-state index is 0.0264. The molecule has 0 aliphatic carbocycles. The molecule has 2 rings (SSSR count). The molecule has 0 fully saturated rings. The Morgan fingerprint density at radius 1 is 1.47 bits per heavy atom. The van der Waals surface area contributed by atoms with Crippen LogP contribution in [0.25, 0.3) is 11.1 Å². The van der Waals surface area contributed by atoms with E-state index < -0.39 is 0 Å². The van der Waals surface area contributed by atoms with Crippen LogP contribution < -0.4 is 0 Å². The van der Waals surface area contributed by atoms with Gasteiger partial charge in [0.25, 0.3) is 0 Å². The number of aryl methyl sites for hydroxylation is 1. The molecule has 15 heavy (non-hydrogen) atoms. The van der Waals surface area contributed by atoms with E-state index in [1.54, 1.807) is 0 Å². The van der Waals surface area contributed by atoms with Gasteiger partial charge in [0.1, 0.15) is 5.52 Å². The number of rotatable bonds is 4. The van der Waals surface area contributed by atoms with Crippen molar-refractivity contribution >= 4 is 11.1 Å². The summed E-state index contributed by atoms with van der Waals surface area (Å²) in [6, 6.07) is 5.53. The van der Waals surface area contributed by atoms with Gasteiger partial charge in [-0.3, -0.25) is 0 Å². The molecule has 1 aromatic carbocycles. The van der Waals surface area contributed by atoms with Gasteiger partial charge in [-0.1, -0.05) is 12.1 Å². The fraction of sp³-hybridized carbons (Fsp3) is 0.250. The molecule has 0 spiro atoms. The van der Waals surface area contributed by atoms with E-state index in [0.717, 1.165) is 35.4 Å². The summed E-state index contributed by atoms with van der Waals surface area (Å²) in [5.41, 5.74) is 2.42.